The zero-order valence-electron chi connectivity index (χ0n) is 9.54. The number of aromatic nitrogens is 2. The summed E-state index contributed by atoms with van der Waals surface area (Å²) in [5, 5.41) is 13.2. The van der Waals surface area contributed by atoms with E-state index in [9.17, 15) is 0 Å². The Morgan fingerprint density at radius 2 is 2.00 bits per heavy atom. The van der Waals surface area contributed by atoms with Crippen molar-refractivity contribution >= 4 is 0 Å². The van der Waals surface area contributed by atoms with Crippen LogP contribution in [0.4, 0.5) is 0 Å². The molecule has 0 atom stereocenters. The molecule has 3 heteroatoms. The monoisotopic (exact) mass is 196 g/mol. The van der Waals surface area contributed by atoms with Crippen LogP contribution < -0.4 is 0 Å². The van der Waals surface area contributed by atoms with E-state index in [0.29, 0.717) is 5.92 Å². The van der Waals surface area contributed by atoms with Gasteiger partial charge in [0.15, 0.2) is 0 Å². The van der Waals surface area contributed by atoms with E-state index >= 15 is 0 Å². The summed E-state index contributed by atoms with van der Waals surface area (Å²) in [5.41, 5.74) is 3.71. The Kier molecular flexibility index (Phi) is 3.69. The summed E-state index contributed by atoms with van der Waals surface area (Å²) < 4.78 is 2.00. The zero-order valence-corrected chi connectivity index (χ0v) is 9.54. The highest BCUT2D eigenvalue weighted by atomic mass is 16.3. The van der Waals surface area contributed by atoms with Gasteiger partial charge >= 0.3 is 0 Å². The molecule has 0 aliphatic rings. The second-order valence-corrected chi connectivity index (χ2v) is 4.04. The lowest BCUT2D eigenvalue weighted by Gasteiger charge is -2.06. The maximum Gasteiger partial charge on any atom is 0.0631 e. The molecule has 1 rings (SSSR count). The molecule has 1 aromatic rings. The van der Waals surface area contributed by atoms with Crippen LogP contribution in [0.1, 0.15) is 43.1 Å². The van der Waals surface area contributed by atoms with Crippen molar-refractivity contribution in [3.63, 3.8) is 0 Å². The van der Waals surface area contributed by atoms with Gasteiger partial charge in [-0.25, -0.2) is 0 Å². The summed E-state index contributed by atoms with van der Waals surface area (Å²) >= 11 is 0. The normalized spacial score (nSPS) is 11.3. The van der Waals surface area contributed by atoms with Crippen LogP contribution >= 0.6 is 0 Å². The van der Waals surface area contributed by atoms with Crippen LogP contribution in [0, 0.1) is 13.8 Å². The van der Waals surface area contributed by atoms with E-state index in [1.807, 2.05) is 4.68 Å². The third kappa shape index (κ3) is 2.15. The molecular formula is C11H20N2O. The number of aliphatic hydroxyl groups excluding tert-OH is 1. The van der Waals surface area contributed by atoms with E-state index in [-0.39, 0.29) is 6.61 Å². The highest BCUT2D eigenvalue weighted by Gasteiger charge is 2.13. The lowest BCUT2D eigenvalue weighted by atomic mass is 10.0. The predicted octanol–water partition coefficient (Wildman–Crippen LogP) is 2.01. The molecule has 0 amide bonds. The quantitative estimate of drug-likeness (QED) is 0.800. The molecule has 3 nitrogen and oxygen atoms in total. The molecule has 0 aliphatic heterocycles. The molecule has 0 aromatic carbocycles. The smallest absolute Gasteiger partial charge is 0.0631 e. The van der Waals surface area contributed by atoms with Gasteiger partial charge in [-0.05, 0) is 31.7 Å². The molecule has 0 bridgehead atoms. The van der Waals surface area contributed by atoms with E-state index < -0.39 is 0 Å². The minimum absolute atomic E-state index is 0.232. The predicted molar refractivity (Wildman–Crippen MR) is 57.5 cm³/mol. The fourth-order valence-corrected chi connectivity index (χ4v) is 1.98. The number of aliphatic hydroxyl groups is 1. The van der Waals surface area contributed by atoms with Crippen molar-refractivity contribution in [2.45, 2.75) is 46.6 Å². The fraction of sp³-hybridized carbons (Fsp3) is 0.727. The third-order valence-corrected chi connectivity index (χ3v) is 2.54. The van der Waals surface area contributed by atoms with Gasteiger partial charge in [0.1, 0.15) is 0 Å². The van der Waals surface area contributed by atoms with Gasteiger partial charge in [0.2, 0.25) is 0 Å². The van der Waals surface area contributed by atoms with Gasteiger partial charge in [0, 0.05) is 18.8 Å². The van der Waals surface area contributed by atoms with Gasteiger partial charge in [0.05, 0.1) is 5.69 Å². The molecule has 0 aliphatic carbocycles. The summed E-state index contributed by atoms with van der Waals surface area (Å²) in [5.74, 6) is 0.526. The number of aryl methyl sites for hydroxylation is 2. The first kappa shape index (κ1) is 11.2. The Hall–Kier alpha value is -0.830. The summed E-state index contributed by atoms with van der Waals surface area (Å²) in [7, 11) is 0. The Morgan fingerprint density at radius 3 is 2.43 bits per heavy atom. The average Bonchev–Trinajstić information content (AvgIpc) is 2.38. The molecule has 0 radical (unpaired) electrons. The lowest BCUT2D eigenvalue weighted by molar-refractivity contribution is 0.276. The summed E-state index contributed by atoms with van der Waals surface area (Å²) in [6, 6.07) is 0. The average molecular weight is 196 g/mol. The maximum atomic E-state index is 8.76. The van der Waals surface area contributed by atoms with Crippen molar-refractivity contribution in [2.24, 2.45) is 0 Å². The third-order valence-electron chi connectivity index (χ3n) is 2.54. The van der Waals surface area contributed by atoms with Gasteiger partial charge in [-0.3, -0.25) is 4.68 Å². The molecule has 14 heavy (non-hydrogen) atoms. The van der Waals surface area contributed by atoms with Crippen LogP contribution in [0.2, 0.25) is 0 Å². The largest absolute Gasteiger partial charge is 0.396 e. The molecule has 1 heterocycles. The van der Waals surface area contributed by atoms with Crippen LogP contribution in [0.15, 0.2) is 0 Å². The number of nitrogens with zero attached hydrogens (tertiary/aromatic N) is 2. The van der Waals surface area contributed by atoms with Crippen LogP contribution in [0.25, 0.3) is 0 Å². The topological polar surface area (TPSA) is 38.0 Å². The molecule has 0 unspecified atom stereocenters. The van der Waals surface area contributed by atoms with Crippen molar-refractivity contribution in [3.05, 3.63) is 17.0 Å². The van der Waals surface area contributed by atoms with Gasteiger partial charge < -0.3 is 5.11 Å². The Morgan fingerprint density at radius 1 is 1.36 bits per heavy atom. The SMILES string of the molecule is Cc1nn(CCCO)c(C)c1C(C)C. The molecule has 0 saturated carbocycles. The minimum atomic E-state index is 0.232. The molecular weight excluding hydrogens is 176 g/mol. The van der Waals surface area contributed by atoms with Gasteiger partial charge in [0.25, 0.3) is 0 Å². The van der Waals surface area contributed by atoms with E-state index in [0.717, 1.165) is 18.7 Å². The summed E-state index contributed by atoms with van der Waals surface area (Å²) in [6.45, 7) is 9.58. The first-order valence-corrected chi connectivity index (χ1v) is 5.22. The van der Waals surface area contributed by atoms with Crippen molar-refractivity contribution in [3.8, 4) is 0 Å². The molecule has 0 fully saturated rings. The molecule has 1 N–H and O–H groups in total. The van der Waals surface area contributed by atoms with Crippen molar-refractivity contribution in [1.29, 1.82) is 0 Å². The maximum absolute atomic E-state index is 8.76. The van der Waals surface area contributed by atoms with Gasteiger partial charge in [-0.15, -0.1) is 0 Å². The van der Waals surface area contributed by atoms with Crippen LogP contribution in [0.3, 0.4) is 0 Å². The van der Waals surface area contributed by atoms with Crippen molar-refractivity contribution in [2.75, 3.05) is 6.61 Å². The summed E-state index contributed by atoms with van der Waals surface area (Å²) in [4.78, 5) is 0. The fourth-order valence-electron chi connectivity index (χ4n) is 1.98. The van der Waals surface area contributed by atoms with Crippen molar-refractivity contribution in [1.82, 2.24) is 9.78 Å². The number of hydrogen-bond donors (Lipinski definition) is 1. The van der Waals surface area contributed by atoms with Gasteiger partial charge in [-0.1, -0.05) is 13.8 Å². The molecule has 0 spiro atoms. The Balaban J connectivity index is 2.92. The number of rotatable bonds is 4. The first-order valence-electron chi connectivity index (χ1n) is 5.22. The second-order valence-electron chi connectivity index (χ2n) is 4.04. The Labute approximate surface area is 85.8 Å². The second kappa shape index (κ2) is 4.60. The Bertz CT molecular complexity index is 302. The van der Waals surface area contributed by atoms with Crippen LogP contribution in [-0.4, -0.2) is 21.5 Å². The minimum Gasteiger partial charge on any atom is -0.396 e. The summed E-state index contributed by atoms with van der Waals surface area (Å²) in [6.07, 6.45) is 0.777. The van der Waals surface area contributed by atoms with E-state index in [1.165, 1.54) is 11.3 Å². The van der Waals surface area contributed by atoms with Crippen LogP contribution in [0.5, 0.6) is 0 Å². The molecule has 80 valence electrons. The standard InChI is InChI=1S/C11H20N2O/c1-8(2)11-9(3)12-13(10(11)4)6-5-7-14/h8,14H,5-7H2,1-4H3. The van der Waals surface area contributed by atoms with E-state index in [1.54, 1.807) is 0 Å². The van der Waals surface area contributed by atoms with Crippen molar-refractivity contribution < 1.29 is 5.11 Å². The molecule has 0 saturated heterocycles. The highest BCUT2D eigenvalue weighted by molar-refractivity contribution is 5.27. The van der Waals surface area contributed by atoms with E-state index in [4.69, 9.17) is 5.11 Å². The van der Waals surface area contributed by atoms with E-state index in [2.05, 4.69) is 32.8 Å². The molecule has 1 aromatic heterocycles. The van der Waals surface area contributed by atoms with Crippen LogP contribution in [-0.2, 0) is 6.54 Å². The van der Waals surface area contributed by atoms with Gasteiger partial charge in [-0.2, -0.15) is 5.10 Å². The first-order chi connectivity index (χ1) is 6.57. The lowest BCUT2D eigenvalue weighted by Crippen LogP contribution is -2.04. The zero-order chi connectivity index (χ0) is 10.7. The number of hydrogen-bond acceptors (Lipinski definition) is 2. The highest BCUT2D eigenvalue weighted by Crippen LogP contribution is 2.22.